The molecule has 1 atom stereocenters. The number of aromatic nitrogens is 1. The number of ether oxygens (including phenoxy) is 1. The highest BCUT2D eigenvalue weighted by molar-refractivity contribution is 7.09. The molecule has 1 heterocycles. The van der Waals surface area contributed by atoms with Crippen LogP contribution in [-0.2, 0) is 24.1 Å². The van der Waals surface area contributed by atoms with Crippen molar-refractivity contribution in [2.24, 2.45) is 4.99 Å². The summed E-state index contributed by atoms with van der Waals surface area (Å²) in [5, 5.41) is 6.53. The van der Waals surface area contributed by atoms with E-state index in [1.807, 2.05) is 21.0 Å². The summed E-state index contributed by atoms with van der Waals surface area (Å²) in [5.41, 5.74) is 3.75. The third-order valence-corrected chi connectivity index (χ3v) is 5.43. The average molecular weight is 375 g/mol. The van der Waals surface area contributed by atoms with Crippen molar-refractivity contribution in [3.05, 3.63) is 51.5 Å². The van der Waals surface area contributed by atoms with Crippen molar-refractivity contribution in [3.63, 3.8) is 0 Å². The Morgan fingerprint density at radius 3 is 2.62 bits per heavy atom. The zero-order valence-corrected chi connectivity index (χ0v) is 17.3. The SMILES string of the molecule is CCc1ccc(CCNC(=NC)N(C)Cc2csc(C(C)OC)n2)cc1. The van der Waals surface area contributed by atoms with Gasteiger partial charge in [-0.2, -0.15) is 0 Å². The lowest BCUT2D eigenvalue weighted by Crippen LogP contribution is -2.39. The summed E-state index contributed by atoms with van der Waals surface area (Å²) < 4.78 is 5.33. The first kappa shape index (κ1) is 20.4. The van der Waals surface area contributed by atoms with E-state index in [0.717, 1.165) is 42.6 Å². The van der Waals surface area contributed by atoms with Gasteiger partial charge in [-0.1, -0.05) is 31.2 Å². The molecule has 0 aliphatic rings. The number of nitrogens with one attached hydrogen (secondary N) is 1. The number of hydrogen-bond donors (Lipinski definition) is 1. The van der Waals surface area contributed by atoms with Crippen molar-refractivity contribution in [1.82, 2.24) is 15.2 Å². The molecule has 5 nitrogen and oxygen atoms in total. The molecule has 0 spiro atoms. The predicted molar refractivity (Wildman–Crippen MR) is 110 cm³/mol. The molecule has 0 saturated heterocycles. The molecule has 2 rings (SSSR count). The van der Waals surface area contributed by atoms with Gasteiger partial charge >= 0.3 is 0 Å². The van der Waals surface area contributed by atoms with Crippen LogP contribution in [0, 0.1) is 0 Å². The van der Waals surface area contributed by atoms with E-state index in [1.54, 1.807) is 18.4 Å². The molecular weight excluding hydrogens is 344 g/mol. The monoisotopic (exact) mass is 374 g/mol. The summed E-state index contributed by atoms with van der Waals surface area (Å²) >= 11 is 1.64. The first-order valence-corrected chi connectivity index (χ1v) is 9.92. The summed E-state index contributed by atoms with van der Waals surface area (Å²) in [6.07, 6.45) is 2.09. The van der Waals surface area contributed by atoms with Gasteiger partial charge < -0.3 is 15.0 Å². The maximum Gasteiger partial charge on any atom is 0.193 e. The maximum absolute atomic E-state index is 5.33. The van der Waals surface area contributed by atoms with Gasteiger partial charge in [-0.05, 0) is 30.9 Å². The van der Waals surface area contributed by atoms with Crippen LogP contribution in [0.4, 0.5) is 0 Å². The molecule has 26 heavy (non-hydrogen) atoms. The summed E-state index contributed by atoms with van der Waals surface area (Å²) in [4.78, 5) is 11.1. The number of aliphatic imine (C=N–C) groups is 1. The van der Waals surface area contributed by atoms with E-state index >= 15 is 0 Å². The standard InChI is InChI=1S/C20H30N4OS/c1-6-16-7-9-17(10-8-16)11-12-22-20(21-3)24(4)13-18-14-26-19(23-18)15(2)25-5/h7-10,14-15H,6,11-13H2,1-5H3,(H,21,22). The van der Waals surface area contributed by atoms with Crippen molar-refractivity contribution in [3.8, 4) is 0 Å². The molecule has 2 aromatic rings. The third-order valence-electron chi connectivity index (χ3n) is 4.37. The Balaban J connectivity index is 1.84. The lowest BCUT2D eigenvalue weighted by atomic mass is 10.1. The fraction of sp³-hybridized carbons (Fsp3) is 0.500. The van der Waals surface area contributed by atoms with E-state index in [0.29, 0.717) is 0 Å². The zero-order chi connectivity index (χ0) is 18.9. The minimum Gasteiger partial charge on any atom is -0.375 e. The number of thiazole rings is 1. The second-order valence-corrected chi connectivity index (χ2v) is 7.19. The van der Waals surface area contributed by atoms with Crippen LogP contribution in [0.5, 0.6) is 0 Å². The number of nitrogens with zero attached hydrogens (tertiary/aromatic N) is 3. The minimum absolute atomic E-state index is 0.0376. The third kappa shape index (κ3) is 5.81. The first-order chi connectivity index (χ1) is 12.6. The van der Waals surface area contributed by atoms with Crippen molar-refractivity contribution >= 4 is 17.3 Å². The highest BCUT2D eigenvalue weighted by atomic mass is 32.1. The zero-order valence-electron chi connectivity index (χ0n) is 16.5. The van der Waals surface area contributed by atoms with Crippen LogP contribution < -0.4 is 5.32 Å². The van der Waals surface area contributed by atoms with E-state index in [9.17, 15) is 0 Å². The van der Waals surface area contributed by atoms with Crippen LogP contribution in [0.2, 0.25) is 0 Å². The molecule has 0 aliphatic heterocycles. The number of aryl methyl sites for hydroxylation is 1. The van der Waals surface area contributed by atoms with Gasteiger partial charge in [0.2, 0.25) is 0 Å². The average Bonchev–Trinajstić information content (AvgIpc) is 3.13. The Morgan fingerprint density at radius 2 is 2.00 bits per heavy atom. The molecule has 6 heteroatoms. The lowest BCUT2D eigenvalue weighted by Gasteiger charge is -2.21. The molecule has 0 saturated carbocycles. The van der Waals surface area contributed by atoms with Crippen molar-refractivity contribution < 1.29 is 4.74 Å². The number of methoxy groups -OCH3 is 1. The van der Waals surface area contributed by atoms with E-state index in [4.69, 9.17) is 4.74 Å². The largest absolute Gasteiger partial charge is 0.375 e. The summed E-state index contributed by atoms with van der Waals surface area (Å²) in [6, 6.07) is 8.83. The van der Waals surface area contributed by atoms with Crippen molar-refractivity contribution in [1.29, 1.82) is 0 Å². The number of benzene rings is 1. The van der Waals surface area contributed by atoms with E-state index < -0.39 is 0 Å². The Bertz CT molecular complexity index is 696. The Morgan fingerprint density at radius 1 is 1.31 bits per heavy atom. The molecule has 1 unspecified atom stereocenters. The molecule has 1 aromatic heterocycles. The van der Waals surface area contributed by atoms with E-state index in [2.05, 4.69) is 56.8 Å². The van der Waals surface area contributed by atoms with Gasteiger partial charge in [-0.25, -0.2) is 4.98 Å². The van der Waals surface area contributed by atoms with Gasteiger partial charge in [0.1, 0.15) is 11.1 Å². The van der Waals surface area contributed by atoms with Crippen LogP contribution in [0.25, 0.3) is 0 Å². The summed E-state index contributed by atoms with van der Waals surface area (Å²) in [7, 11) is 5.55. The van der Waals surface area contributed by atoms with Crippen molar-refractivity contribution in [2.75, 3.05) is 27.7 Å². The van der Waals surface area contributed by atoms with Crippen LogP contribution in [0.1, 0.15) is 41.8 Å². The van der Waals surface area contributed by atoms with Gasteiger partial charge in [0, 0.05) is 33.1 Å². The number of hydrogen-bond acceptors (Lipinski definition) is 4. The topological polar surface area (TPSA) is 49.8 Å². The number of rotatable bonds is 8. The van der Waals surface area contributed by atoms with Crippen LogP contribution in [0.15, 0.2) is 34.6 Å². The smallest absolute Gasteiger partial charge is 0.193 e. The Labute approximate surface area is 161 Å². The van der Waals surface area contributed by atoms with E-state index in [-0.39, 0.29) is 6.10 Å². The molecule has 0 fully saturated rings. The molecule has 142 valence electrons. The molecule has 0 aliphatic carbocycles. The maximum atomic E-state index is 5.33. The Kier molecular flexibility index (Phi) is 8.06. The summed E-state index contributed by atoms with van der Waals surface area (Å²) in [5.74, 6) is 0.879. The van der Waals surface area contributed by atoms with Crippen LogP contribution in [0.3, 0.4) is 0 Å². The fourth-order valence-electron chi connectivity index (χ4n) is 2.65. The van der Waals surface area contributed by atoms with Gasteiger partial charge in [0.05, 0.1) is 12.2 Å². The normalized spacial score (nSPS) is 12.9. The van der Waals surface area contributed by atoms with Crippen LogP contribution in [-0.4, -0.2) is 43.6 Å². The molecular formula is C20H30N4OS. The van der Waals surface area contributed by atoms with E-state index in [1.165, 1.54) is 11.1 Å². The molecule has 0 bridgehead atoms. The Hall–Kier alpha value is -1.92. The quantitative estimate of drug-likeness (QED) is 0.566. The fourth-order valence-corrected chi connectivity index (χ4v) is 3.49. The van der Waals surface area contributed by atoms with Gasteiger partial charge in [-0.15, -0.1) is 11.3 Å². The number of guanidine groups is 1. The van der Waals surface area contributed by atoms with Gasteiger partial charge in [0.25, 0.3) is 0 Å². The highest BCUT2D eigenvalue weighted by Crippen LogP contribution is 2.20. The first-order valence-electron chi connectivity index (χ1n) is 9.04. The lowest BCUT2D eigenvalue weighted by molar-refractivity contribution is 0.119. The van der Waals surface area contributed by atoms with Gasteiger partial charge in [-0.3, -0.25) is 4.99 Å². The summed E-state index contributed by atoms with van der Waals surface area (Å²) in [6.45, 7) is 5.76. The molecule has 0 amide bonds. The second-order valence-electron chi connectivity index (χ2n) is 6.31. The molecule has 1 aromatic carbocycles. The van der Waals surface area contributed by atoms with Crippen molar-refractivity contribution in [2.45, 2.75) is 39.3 Å². The second kappa shape index (κ2) is 10.3. The molecule has 0 radical (unpaired) electrons. The minimum atomic E-state index is 0.0376. The predicted octanol–water partition coefficient (Wildman–Crippen LogP) is 3.66. The van der Waals surface area contributed by atoms with Gasteiger partial charge in [0.15, 0.2) is 5.96 Å². The molecule has 1 N–H and O–H groups in total. The highest BCUT2D eigenvalue weighted by Gasteiger charge is 2.12. The van der Waals surface area contributed by atoms with Crippen LogP contribution >= 0.6 is 11.3 Å².